The third kappa shape index (κ3) is 8.64. The van der Waals surface area contributed by atoms with Crippen LogP contribution in [-0.2, 0) is 22.4 Å². The summed E-state index contributed by atoms with van der Waals surface area (Å²) >= 11 is 0. The molecule has 0 aliphatic carbocycles. The predicted octanol–water partition coefficient (Wildman–Crippen LogP) is 6.06. The van der Waals surface area contributed by atoms with Crippen LogP contribution in [0.1, 0.15) is 62.8 Å². The van der Waals surface area contributed by atoms with Crippen molar-refractivity contribution in [3.8, 4) is 0 Å². The van der Waals surface area contributed by atoms with Gasteiger partial charge in [-0.05, 0) is 53.9 Å². The minimum atomic E-state index is -0.966. The van der Waals surface area contributed by atoms with E-state index in [1.807, 2.05) is 48.5 Å². The van der Waals surface area contributed by atoms with E-state index in [0.29, 0.717) is 17.4 Å². The number of benzene rings is 2. The van der Waals surface area contributed by atoms with Crippen molar-refractivity contribution in [2.75, 3.05) is 0 Å². The van der Waals surface area contributed by atoms with Crippen LogP contribution in [-0.4, -0.2) is 22.2 Å². The molecule has 1 atom stereocenters. The van der Waals surface area contributed by atoms with Gasteiger partial charge < -0.3 is 10.2 Å². The van der Waals surface area contributed by atoms with Crippen LogP contribution in [0.4, 0.5) is 0 Å². The van der Waals surface area contributed by atoms with Gasteiger partial charge in [-0.15, -0.1) is 0 Å². The molecular formula is C26H34O4. The van der Waals surface area contributed by atoms with Crippen molar-refractivity contribution < 1.29 is 19.8 Å². The molecule has 2 aromatic rings. The van der Waals surface area contributed by atoms with Crippen LogP contribution in [0.3, 0.4) is 0 Å². The van der Waals surface area contributed by atoms with Gasteiger partial charge in [0.05, 0.1) is 11.5 Å². The highest BCUT2D eigenvalue weighted by molar-refractivity contribution is 6.14. The summed E-state index contributed by atoms with van der Waals surface area (Å²) in [5, 5.41) is 17.6. The van der Waals surface area contributed by atoms with E-state index in [4.69, 9.17) is 10.2 Å². The van der Waals surface area contributed by atoms with E-state index in [9.17, 15) is 9.59 Å². The Morgan fingerprint density at radius 1 is 0.767 bits per heavy atom. The SMILES string of the molecule is C=C(C(=O)O)c1ccc(CC(C)C)cc1.CC(C)Cc1ccc([C@@H](C)C(=O)O)cc1. The second-order valence-corrected chi connectivity index (χ2v) is 8.48. The average molecular weight is 411 g/mol. The average Bonchev–Trinajstić information content (AvgIpc) is 2.67. The smallest absolute Gasteiger partial charge is 0.335 e. The first-order valence-electron chi connectivity index (χ1n) is 10.3. The molecule has 0 aliphatic rings. The number of hydrogen-bond donors (Lipinski definition) is 2. The van der Waals surface area contributed by atoms with Crippen molar-refractivity contribution in [3.05, 3.63) is 77.4 Å². The molecular weight excluding hydrogens is 376 g/mol. The number of aliphatic carboxylic acids is 2. The minimum Gasteiger partial charge on any atom is -0.481 e. The Morgan fingerprint density at radius 2 is 1.17 bits per heavy atom. The Labute approximate surface area is 180 Å². The number of rotatable bonds is 8. The lowest BCUT2D eigenvalue weighted by molar-refractivity contribution is -0.138. The van der Waals surface area contributed by atoms with Crippen LogP contribution in [0, 0.1) is 11.8 Å². The van der Waals surface area contributed by atoms with Crippen molar-refractivity contribution in [2.45, 2.75) is 53.4 Å². The molecule has 162 valence electrons. The maximum atomic E-state index is 10.8. The molecule has 0 saturated carbocycles. The van der Waals surface area contributed by atoms with Crippen molar-refractivity contribution in [3.63, 3.8) is 0 Å². The Hall–Kier alpha value is -2.88. The lowest BCUT2D eigenvalue weighted by Gasteiger charge is -2.09. The lowest BCUT2D eigenvalue weighted by atomic mass is 9.97. The number of carboxylic acids is 2. The molecule has 0 amide bonds. The number of carboxylic acid groups (broad SMARTS) is 2. The van der Waals surface area contributed by atoms with Crippen molar-refractivity contribution in [2.24, 2.45) is 11.8 Å². The Balaban J connectivity index is 0.000000300. The van der Waals surface area contributed by atoms with Crippen LogP contribution in [0.5, 0.6) is 0 Å². The van der Waals surface area contributed by atoms with Gasteiger partial charge in [-0.25, -0.2) is 4.79 Å². The zero-order valence-electron chi connectivity index (χ0n) is 18.7. The zero-order chi connectivity index (χ0) is 22.8. The van der Waals surface area contributed by atoms with Gasteiger partial charge in [-0.1, -0.05) is 82.8 Å². The fourth-order valence-electron chi connectivity index (χ4n) is 2.99. The van der Waals surface area contributed by atoms with Crippen molar-refractivity contribution in [1.82, 2.24) is 0 Å². The molecule has 0 aliphatic heterocycles. The molecule has 0 heterocycles. The van der Waals surface area contributed by atoms with E-state index in [0.717, 1.165) is 18.4 Å². The van der Waals surface area contributed by atoms with Crippen molar-refractivity contribution in [1.29, 1.82) is 0 Å². The van der Waals surface area contributed by atoms with Gasteiger partial charge in [0.1, 0.15) is 0 Å². The number of carbonyl (C=O) groups is 2. The van der Waals surface area contributed by atoms with Crippen LogP contribution in [0.2, 0.25) is 0 Å². The van der Waals surface area contributed by atoms with E-state index >= 15 is 0 Å². The monoisotopic (exact) mass is 410 g/mol. The highest BCUT2D eigenvalue weighted by atomic mass is 16.4. The molecule has 0 radical (unpaired) electrons. The second kappa shape index (κ2) is 12.0. The van der Waals surface area contributed by atoms with Gasteiger partial charge in [-0.2, -0.15) is 0 Å². The van der Waals surface area contributed by atoms with Gasteiger partial charge in [0.15, 0.2) is 0 Å². The summed E-state index contributed by atoms with van der Waals surface area (Å²) in [5.41, 5.74) is 4.19. The molecule has 0 unspecified atom stereocenters. The summed E-state index contributed by atoms with van der Waals surface area (Å²) in [4.78, 5) is 21.4. The topological polar surface area (TPSA) is 74.6 Å². The largest absolute Gasteiger partial charge is 0.481 e. The van der Waals surface area contributed by atoms with E-state index in [1.54, 1.807) is 6.92 Å². The fraction of sp³-hybridized carbons (Fsp3) is 0.385. The van der Waals surface area contributed by atoms with E-state index in [-0.39, 0.29) is 5.57 Å². The van der Waals surface area contributed by atoms with E-state index < -0.39 is 17.9 Å². The molecule has 0 fully saturated rings. The van der Waals surface area contributed by atoms with Crippen LogP contribution < -0.4 is 0 Å². The molecule has 4 nitrogen and oxygen atoms in total. The third-order valence-electron chi connectivity index (χ3n) is 4.70. The summed E-state index contributed by atoms with van der Waals surface area (Å²) in [6, 6.07) is 15.4. The molecule has 0 spiro atoms. The lowest BCUT2D eigenvalue weighted by Crippen LogP contribution is -2.07. The van der Waals surface area contributed by atoms with Gasteiger partial charge in [0, 0.05) is 0 Å². The fourth-order valence-corrected chi connectivity index (χ4v) is 2.99. The van der Waals surface area contributed by atoms with Gasteiger partial charge in [0.25, 0.3) is 0 Å². The Kier molecular flexibility index (Phi) is 10.0. The molecule has 0 bridgehead atoms. The highest BCUT2D eigenvalue weighted by Crippen LogP contribution is 2.18. The first-order chi connectivity index (χ1) is 14.0. The Morgan fingerprint density at radius 3 is 1.50 bits per heavy atom. The van der Waals surface area contributed by atoms with Crippen LogP contribution in [0.25, 0.3) is 5.57 Å². The van der Waals surface area contributed by atoms with E-state index in [1.165, 1.54) is 11.1 Å². The predicted molar refractivity (Wildman–Crippen MR) is 123 cm³/mol. The highest BCUT2D eigenvalue weighted by Gasteiger charge is 2.13. The minimum absolute atomic E-state index is 0.145. The van der Waals surface area contributed by atoms with Gasteiger partial charge in [-0.3, -0.25) is 4.79 Å². The van der Waals surface area contributed by atoms with Gasteiger partial charge >= 0.3 is 11.9 Å². The standard InChI is InChI=1S/C13H18O2.C13H16O2/c2*1-9(2)8-11-4-6-12(7-5-11)10(3)13(14)15/h4-7,9-10H,8H2,1-3H3,(H,14,15);4-7,9H,3,8H2,1-2H3,(H,14,15)/t10-;/m1./s1. The summed E-state index contributed by atoms with van der Waals surface area (Å²) in [5.74, 6) is -0.914. The maximum absolute atomic E-state index is 10.8. The first-order valence-corrected chi connectivity index (χ1v) is 10.3. The summed E-state index contributed by atoms with van der Waals surface area (Å²) in [6.45, 7) is 13.9. The normalized spacial score (nSPS) is 11.6. The molecule has 2 aromatic carbocycles. The molecule has 0 aromatic heterocycles. The third-order valence-corrected chi connectivity index (χ3v) is 4.70. The van der Waals surface area contributed by atoms with Gasteiger partial charge in [0.2, 0.25) is 0 Å². The van der Waals surface area contributed by atoms with Crippen LogP contribution >= 0.6 is 0 Å². The Bertz CT molecular complexity index is 830. The molecule has 2 N–H and O–H groups in total. The molecule has 30 heavy (non-hydrogen) atoms. The first kappa shape index (κ1) is 25.2. The second-order valence-electron chi connectivity index (χ2n) is 8.48. The van der Waals surface area contributed by atoms with Crippen LogP contribution in [0.15, 0.2) is 55.1 Å². The van der Waals surface area contributed by atoms with Crippen molar-refractivity contribution >= 4 is 17.5 Å². The molecule has 0 saturated heterocycles. The summed E-state index contributed by atoms with van der Waals surface area (Å²) in [6.07, 6.45) is 2.06. The quantitative estimate of drug-likeness (QED) is 0.519. The number of hydrogen-bond acceptors (Lipinski definition) is 2. The van der Waals surface area contributed by atoms with E-state index in [2.05, 4.69) is 34.3 Å². The molecule has 4 heteroatoms. The maximum Gasteiger partial charge on any atom is 0.335 e. The summed E-state index contributed by atoms with van der Waals surface area (Å²) < 4.78 is 0. The molecule has 2 rings (SSSR count). The zero-order valence-corrected chi connectivity index (χ0v) is 18.7. The summed E-state index contributed by atoms with van der Waals surface area (Å²) in [7, 11) is 0.